The second kappa shape index (κ2) is 3.13. The van der Waals surface area contributed by atoms with E-state index in [9.17, 15) is 9.90 Å². The molecule has 1 aliphatic rings. The molecule has 0 saturated heterocycles. The molecule has 0 bridgehead atoms. The van der Waals surface area contributed by atoms with Crippen molar-refractivity contribution in [3.63, 3.8) is 0 Å². The predicted molar refractivity (Wildman–Crippen MR) is 55.9 cm³/mol. The molecule has 0 spiro atoms. The van der Waals surface area contributed by atoms with E-state index < -0.39 is 11.8 Å². The first-order valence-electron chi connectivity index (χ1n) is 4.34. The normalized spacial score (nSPS) is 17.7. The van der Waals surface area contributed by atoms with Gasteiger partial charge in [-0.05, 0) is 28.1 Å². The highest BCUT2D eigenvalue weighted by atomic mass is 79.9. The number of cyclic esters (lactones) is 1. The molecule has 1 aromatic rings. The van der Waals surface area contributed by atoms with E-state index in [-0.39, 0.29) is 11.3 Å². The molecule has 0 atom stereocenters. The third-order valence-electron chi connectivity index (χ3n) is 1.98. The van der Waals surface area contributed by atoms with E-state index in [4.69, 9.17) is 9.47 Å². The van der Waals surface area contributed by atoms with Crippen LogP contribution in [0, 0.1) is 0 Å². The summed E-state index contributed by atoms with van der Waals surface area (Å²) in [5.74, 6) is -1.43. The fourth-order valence-corrected chi connectivity index (χ4v) is 1.80. The summed E-state index contributed by atoms with van der Waals surface area (Å²) in [4.78, 5) is 11.6. The van der Waals surface area contributed by atoms with Gasteiger partial charge in [-0.3, -0.25) is 0 Å². The van der Waals surface area contributed by atoms with Gasteiger partial charge in [-0.2, -0.15) is 0 Å². The van der Waals surface area contributed by atoms with Gasteiger partial charge >= 0.3 is 5.97 Å². The number of carbonyl (C=O) groups is 1. The Hall–Kier alpha value is -1.23. The summed E-state index contributed by atoms with van der Waals surface area (Å²) in [7, 11) is 0. The minimum atomic E-state index is -1.01. The third-order valence-corrected chi connectivity index (χ3v) is 2.60. The summed E-state index contributed by atoms with van der Waals surface area (Å²) in [5, 5.41) is 9.52. The minimum Gasteiger partial charge on any atom is -0.507 e. The molecule has 1 aliphatic heterocycles. The molecule has 0 aromatic heterocycles. The number of phenols is 1. The maximum atomic E-state index is 11.6. The Morgan fingerprint density at radius 2 is 2.00 bits per heavy atom. The number of hydrogen-bond donors (Lipinski definition) is 1. The van der Waals surface area contributed by atoms with Crippen molar-refractivity contribution in [2.45, 2.75) is 19.6 Å². The van der Waals surface area contributed by atoms with Crippen LogP contribution in [-0.4, -0.2) is 16.9 Å². The maximum Gasteiger partial charge on any atom is 0.349 e. The maximum absolute atomic E-state index is 11.6. The fraction of sp³-hybridized carbons (Fsp3) is 0.300. The Balaban J connectivity index is 2.64. The molecule has 2 rings (SSSR count). The molecule has 0 fully saturated rings. The highest BCUT2D eigenvalue weighted by molar-refractivity contribution is 9.10. The molecule has 15 heavy (non-hydrogen) atoms. The van der Waals surface area contributed by atoms with Crippen molar-refractivity contribution >= 4 is 21.9 Å². The number of halogens is 1. The van der Waals surface area contributed by atoms with E-state index in [1.54, 1.807) is 19.9 Å². The second-order valence-electron chi connectivity index (χ2n) is 3.66. The van der Waals surface area contributed by atoms with Gasteiger partial charge < -0.3 is 14.6 Å². The zero-order valence-corrected chi connectivity index (χ0v) is 9.79. The standard InChI is InChI=1S/C10H9BrO4/c1-10(2)14-8-5(11)3-4-6(12)7(8)9(13)15-10/h3-4,12H,1-2H3. The van der Waals surface area contributed by atoms with Crippen LogP contribution in [0.1, 0.15) is 24.2 Å². The second-order valence-corrected chi connectivity index (χ2v) is 4.52. The quantitative estimate of drug-likeness (QED) is 0.737. The Bertz CT molecular complexity index is 439. The topological polar surface area (TPSA) is 55.8 Å². The van der Waals surface area contributed by atoms with Crippen LogP contribution in [0.15, 0.2) is 16.6 Å². The molecule has 1 aromatic carbocycles. The van der Waals surface area contributed by atoms with Gasteiger partial charge in [-0.15, -0.1) is 0 Å². The van der Waals surface area contributed by atoms with Crippen LogP contribution < -0.4 is 4.74 Å². The Morgan fingerprint density at radius 3 is 2.67 bits per heavy atom. The summed E-state index contributed by atoms with van der Waals surface area (Å²) in [6.45, 7) is 3.26. The third kappa shape index (κ3) is 1.67. The predicted octanol–water partition coefficient (Wildman–Crippen LogP) is 2.44. The molecule has 0 aliphatic carbocycles. The van der Waals surface area contributed by atoms with Crippen molar-refractivity contribution in [1.82, 2.24) is 0 Å². The molecular weight excluding hydrogens is 264 g/mol. The van der Waals surface area contributed by atoms with E-state index in [0.29, 0.717) is 10.2 Å². The lowest BCUT2D eigenvalue weighted by Gasteiger charge is -2.32. The molecule has 1 N–H and O–H groups in total. The molecule has 5 heteroatoms. The van der Waals surface area contributed by atoms with Gasteiger partial charge in [-0.25, -0.2) is 4.79 Å². The van der Waals surface area contributed by atoms with Gasteiger partial charge in [0.05, 0.1) is 4.47 Å². The number of esters is 1. The average Bonchev–Trinajstić information content (AvgIpc) is 2.09. The van der Waals surface area contributed by atoms with Crippen LogP contribution in [0.2, 0.25) is 0 Å². The van der Waals surface area contributed by atoms with Crippen molar-refractivity contribution in [1.29, 1.82) is 0 Å². The van der Waals surface area contributed by atoms with Crippen LogP contribution >= 0.6 is 15.9 Å². The highest BCUT2D eigenvalue weighted by Crippen LogP contribution is 2.41. The van der Waals surface area contributed by atoms with Crippen LogP contribution in [0.4, 0.5) is 0 Å². The van der Waals surface area contributed by atoms with E-state index in [2.05, 4.69) is 15.9 Å². The summed E-state index contributed by atoms with van der Waals surface area (Å²) >= 11 is 3.25. The molecule has 0 unspecified atom stereocenters. The lowest BCUT2D eigenvalue weighted by molar-refractivity contribution is -0.128. The number of fused-ring (bicyclic) bond motifs is 1. The number of hydrogen-bond acceptors (Lipinski definition) is 4. The largest absolute Gasteiger partial charge is 0.507 e. The number of rotatable bonds is 0. The lowest BCUT2D eigenvalue weighted by atomic mass is 10.1. The van der Waals surface area contributed by atoms with Crippen molar-refractivity contribution < 1.29 is 19.4 Å². The van der Waals surface area contributed by atoms with Gasteiger partial charge in [0.25, 0.3) is 0 Å². The highest BCUT2D eigenvalue weighted by Gasteiger charge is 2.37. The number of benzene rings is 1. The first-order chi connectivity index (χ1) is 6.91. The molecule has 1 heterocycles. The van der Waals surface area contributed by atoms with Gasteiger partial charge in [0, 0.05) is 13.8 Å². The van der Waals surface area contributed by atoms with Crippen molar-refractivity contribution in [3.05, 3.63) is 22.2 Å². The zero-order chi connectivity index (χ0) is 11.2. The van der Waals surface area contributed by atoms with Crippen molar-refractivity contribution in [3.8, 4) is 11.5 Å². The summed E-state index contributed by atoms with van der Waals surface area (Å²) in [6.07, 6.45) is 0. The number of phenolic OH excluding ortho intramolecular Hbond substituents is 1. The van der Waals surface area contributed by atoms with E-state index >= 15 is 0 Å². The SMILES string of the molecule is CC1(C)OC(=O)c2c(O)ccc(Br)c2O1. The van der Waals surface area contributed by atoms with Gasteiger partial charge in [0.1, 0.15) is 11.3 Å². The number of ether oxygens (including phenoxy) is 2. The van der Waals surface area contributed by atoms with Crippen molar-refractivity contribution in [2.75, 3.05) is 0 Å². The van der Waals surface area contributed by atoms with E-state index in [0.717, 1.165) is 0 Å². The van der Waals surface area contributed by atoms with Gasteiger partial charge in [-0.1, -0.05) is 0 Å². The van der Waals surface area contributed by atoms with Crippen LogP contribution in [0.5, 0.6) is 11.5 Å². The number of aromatic hydroxyl groups is 1. The molecule has 0 amide bonds. The molecule has 4 nitrogen and oxygen atoms in total. The zero-order valence-electron chi connectivity index (χ0n) is 8.20. The van der Waals surface area contributed by atoms with Crippen LogP contribution in [0.3, 0.4) is 0 Å². The molecule has 0 radical (unpaired) electrons. The van der Waals surface area contributed by atoms with Crippen LogP contribution in [0.25, 0.3) is 0 Å². The molecular formula is C10H9BrO4. The first-order valence-corrected chi connectivity index (χ1v) is 5.14. The molecule has 80 valence electrons. The summed E-state index contributed by atoms with van der Waals surface area (Å²) < 4.78 is 11.1. The smallest absolute Gasteiger partial charge is 0.349 e. The van der Waals surface area contributed by atoms with E-state index in [1.165, 1.54) is 6.07 Å². The van der Waals surface area contributed by atoms with Gasteiger partial charge in [0.2, 0.25) is 5.79 Å². The lowest BCUT2D eigenvalue weighted by Crippen LogP contribution is -2.39. The monoisotopic (exact) mass is 272 g/mol. The number of carbonyl (C=O) groups excluding carboxylic acids is 1. The summed E-state index contributed by atoms with van der Waals surface area (Å²) in [5.41, 5.74) is 0.0590. The Kier molecular flexibility index (Phi) is 2.15. The van der Waals surface area contributed by atoms with Gasteiger partial charge in [0.15, 0.2) is 5.75 Å². The Morgan fingerprint density at radius 1 is 1.33 bits per heavy atom. The van der Waals surface area contributed by atoms with E-state index in [1.807, 2.05) is 0 Å². The minimum absolute atomic E-state index is 0.0590. The average molecular weight is 273 g/mol. The Labute approximate surface area is 94.9 Å². The van der Waals surface area contributed by atoms with Crippen LogP contribution in [-0.2, 0) is 4.74 Å². The van der Waals surface area contributed by atoms with Crippen molar-refractivity contribution in [2.24, 2.45) is 0 Å². The fourth-order valence-electron chi connectivity index (χ4n) is 1.38. The molecule has 0 saturated carbocycles. The first kappa shape index (κ1) is 10.3. The summed E-state index contributed by atoms with van der Waals surface area (Å²) in [6, 6.07) is 3.02.